The first-order valence-corrected chi connectivity index (χ1v) is 17.0. The standard InChI is InChI=1S/C54H35N3/c1-3-17-36(18-4-1)39-25-15-26-40(37-19-5-2-6-20-37)53(39)57-50-31-14-10-24-44(50)46-35-38(33-34-51(46)57)55-47-28-11-9-23-43(47)45-27-16-32-52(54(45)55)56-48-29-12-7-21-41(48)42-22-8-13-30-49(42)56/h1-35H/i1D,2D,3D,4D,5D,6D,7D,8D,9D,10D,11D,12D,13D,14D,16D,17D,18D,19D,20D,21D,22D,23D,24D,27D,28D,29D,30D,31D,32D,33D,34D,35D. The van der Waals surface area contributed by atoms with Crippen molar-refractivity contribution >= 4 is 65.4 Å². The van der Waals surface area contributed by atoms with Crippen molar-refractivity contribution in [1.82, 2.24) is 13.7 Å². The van der Waals surface area contributed by atoms with E-state index in [1.165, 1.54) is 18.2 Å². The van der Waals surface area contributed by atoms with Crippen molar-refractivity contribution in [3.05, 3.63) is 212 Å². The topological polar surface area (TPSA) is 14.8 Å². The molecule has 266 valence electrons. The van der Waals surface area contributed by atoms with E-state index >= 15 is 0 Å². The minimum atomic E-state index is -1.16. The van der Waals surface area contributed by atoms with E-state index in [9.17, 15) is 21.9 Å². The van der Waals surface area contributed by atoms with Gasteiger partial charge < -0.3 is 13.7 Å². The fourth-order valence-corrected chi connectivity index (χ4v) is 7.38. The van der Waals surface area contributed by atoms with Gasteiger partial charge >= 0.3 is 0 Å². The Labute approximate surface area is 374 Å². The molecular weight excluding hydrogens is 691 g/mol. The van der Waals surface area contributed by atoms with E-state index in [1.54, 1.807) is 0 Å². The molecule has 0 aliphatic heterocycles. The number of hydrogen-bond acceptors (Lipinski definition) is 0. The van der Waals surface area contributed by atoms with Gasteiger partial charge in [0.05, 0.1) is 88.3 Å². The van der Waals surface area contributed by atoms with E-state index in [-0.39, 0.29) is 0 Å². The molecule has 0 radical (unpaired) electrons. The van der Waals surface area contributed by atoms with Crippen molar-refractivity contribution in [2.24, 2.45) is 0 Å². The Morgan fingerprint density at radius 3 is 1.35 bits per heavy atom. The van der Waals surface area contributed by atoms with Gasteiger partial charge in [0, 0.05) is 49.1 Å². The van der Waals surface area contributed by atoms with Crippen LogP contribution < -0.4 is 0 Å². The molecule has 3 aromatic heterocycles. The number of hydrogen-bond donors (Lipinski definition) is 0. The molecule has 12 rings (SSSR count). The van der Waals surface area contributed by atoms with Crippen molar-refractivity contribution in [3.63, 3.8) is 0 Å². The highest BCUT2D eigenvalue weighted by Gasteiger charge is 2.23. The lowest BCUT2D eigenvalue weighted by atomic mass is 9.95. The van der Waals surface area contributed by atoms with Gasteiger partial charge in [-0.2, -0.15) is 0 Å². The molecule has 0 unspecified atom stereocenters. The van der Waals surface area contributed by atoms with E-state index in [0.717, 1.165) is 13.7 Å². The van der Waals surface area contributed by atoms with E-state index < -0.39 is 298 Å². The van der Waals surface area contributed by atoms with Gasteiger partial charge in [0.25, 0.3) is 0 Å². The highest BCUT2D eigenvalue weighted by Crippen LogP contribution is 2.44. The first-order chi connectivity index (χ1) is 41.6. The molecule has 0 aliphatic rings. The monoisotopic (exact) mass is 757 g/mol. The largest absolute Gasteiger partial charge is 0.308 e. The Morgan fingerprint density at radius 2 is 0.772 bits per heavy atom. The summed E-state index contributed by atoms with van der Waals surface area (Å²) in [6.07, 6.45) is 0. The Balaban J connectivity index is 1.40. The summed E-state index contributed by atoms with van der Waals surface area (Å²) in [5.41, 5.74) is -8.85. The van der Waals surface area contributed by atoms with E-state index in [2.05, 4.69) is 0 Å². The summed E-state index contributed by atoms with van der Waals surface area (Å²) in [5.74, 6) is 0. The van der Waals surface area contributed by atoms with Crippen LogP contribution in [0.25, 0.3) is 105 Å². The smallest absolute Gasteiger partial charge is 0.0782 e. The summed E-state index contributed by atoms with van der Waals surface area (Å²) in [7, 11) is 0. The van der Waals surface area contributed by atoms with Gasteiger partial charge in [-0.3, -0.25) is 0 Å². The Hall–Kier alpha value is -7.62. The van der Waals surface area contributed by atoms with Crippen molar-refractivity contribution in [1.29, 1.82) is 0 Å². The summed E-state index contributed by atoms with van der Waals surface area (Å²) < 4.78 is 296. The van der Waals surface area contributed by atoms with E-state index in [0.29, 0.717) is 0 Å². The van der Waals surface area contributed by atoms with Crippen LogP contribution in [-0.4, -0.2) is 13.7 Å². The summed E-state index contributed by atoms with van der Waals surface area (Å²) in [4.78, 5) is 0. The quantitative estimate of drug-likeness (QED) is 0.166. The Kier molecular flexibility index (Phi) is 2.96. The van der Waals surface area contributed by atoms with Gasteiger partial charge in [-0.1, -0.05) is 163 Å². The summed E-state index contributed by atoms with van der Waals surface area (Å²) >= 11 is 0. The molecule has 0 spiro atoms. The van der Waals surface area contributed by atoms with Crippen molar-refractivity contribution in [2.45, 2.75) is 0 Å². The SMILES string of the molecule is [2H]c1c([2H])c([2H])c(-c2cccc(-c3c([2H])c([2H])c([2H])c([2H])c3[2H])c2-n2c3c([2H])c([2H])c([2H])c([2H])c3c3c([2H])c(-n4c5c([2H])c([2H])c([2H])c([2H])c5c5c([2H])c([2H])c([2H])c(-n6c7c([2H])c([2H])c([2H])c([2H])c7c7c([2H])c([2H])c([2H])c([2H])c76)c54)c([2H])c([2H])c32)c([2H])c1[2H]. The van der Waals surface area contributed by atoms with Crippen molar-refractivity contribution in [2.75, 3.05) is 0 Å². The fourth-order valence-electron chi connectivity index (χ4n) is 7.38. The molecule has 0 saturated carbocycles. The Bertz CT molecular complexity index is 5180. The lowest BCUT2D eigenvalue weighted by molar-refractivity contribution is 1.13. The minimum Gasteiger partial charge on any atom is -0.308 e. The van der Waals surface area contributed by atoms with Gasteiger partial charge in [0.1, 0.15) is 0 Å². The number of aromatic nitrogens is 3. The average Bonchev–Trinajstić information content (AvgIpc) is 1.54. The third-order valence-electron chi connectivity index (χ3n) is 9.62. The molecule has 0 bridgehead atoms. The van der Waals surface area contributed by atoms with Crippen LogP contribution in [-0.2, 0) is 0 Å². The van der Waals surface area contributed by atoms with E-state index in [4.69, 9.17) is 21.9 Å². The molecule has 3 heteroatoms. The van der Waals surface area contributed by atoms with Gasteiger partial charge in [-0.05, 0) is 59.5 Å². The second kappa shape index (κ2) is 12.5. The molecule has 3 nitrogen and oxygen atoms in total. The van der Waals surface area contributed by atoms with Crippen molar-refractivity contribution < 1.29 is 43.9 Å². The average molecular weight is 758 g/mol. The van der Waals surface area contributed by atoms with Crippen LogP contribution in [0.3, 0.4) is 0 Å². The predicted octanol–water partition coefficient (Wildman–Crippen LogP) is 14.3. The number of para-hydroxylation sites is 6. The minimum absolute atomic E-state index is 0.457. The van der Waals surface area contributed by atoms with E-state index in [1.807, 2.05) is 0 Å². The van der Waals surface area contributed by atoms with Gasteiger partial charge in [-0.15, -0.1) is 0 Å². The number of nitrogens with zero attached hydrogens (tertiary/aromatic N) is 3. The molecule has 0 N–H and O–H groups in total. The van der Waals surface area contributed by atoms with Crippen LogP contribution in [0.15, 0.2) is 212 Å². The molecular formula is C54H35N3. The van der Waals surface area contributed by atoms with Crippen LogP contribution in [0.1, 0.15) is 43.9 Å². The van der Waals surface area contributed by atoms with Gasteiger partial charge in [0.15, 0.2) is 0 Å². The zero-order valence-corrected chi connectivity index (χ0v) is 28.6. The van der Waals surface area contributed by atoms with Gasteiger partial charge in [-0.25, -0.2) is 0 Å². The normalized spacial score (nSPS) is 19.7. The maximum absolute atomic E-state index is 10.5. The first kappa shape index (κ1) is 13.5. The molecule has 0 atom stereocenters. The zero-order chi connectivity index (χ0) is 65.3. The lowest BCUT2D eigenvalue weighted by Gasteiger charge is -2.19. The summed E-state index contributed by atoms with van der Waals surface area (Å²) in [5, 5.41) is -3.83. The van der Waals surface area contributed by atoms with Gasteiger partial charge in [0.2, 0.25) is 0 Å². The summed E-state index contributed by atoms with van der Waals surface area (Å²) in [6.45, 7) is 0. The maximum Gasteiger partial charge on any atom is 0.0782 e. The fraction of sp³-hybridized carbons (Fsp3) is 0. The number of fused-ring (bicyclic) bond motifs is 9. The predicted molar refractivity (Wildman–Crippen MR) is 240 cm³/mol. The molecule has 9 aromatic carbocycles. The summed E-state index contributed by atoms with van der Waals surface area (Å²) in [6, 6.07) is -26.7. The molecule has 12 aromatic rings. The van der Waals surface area contributed by atoms with Crippen LogP contribution >= 0.6 is 0 Å². The molecule has 57 heavy (non-hydrogen) atoms. The lowest BCUT2D eigenvalue weighted by Crippen LogP contribution is -2.02. The molecule has 0 saturated heterocycles. The zero-order valence-electron chi connectivity index (χ0n) is 60.6. The van der Waals surface area contributed by atoms with Crippen LogP contribution in [0.2, 0.25) is 0 Å². The molecule has 3 heterocycles. The molecule has 0 amide bonds. The van der Waals surface area contributed by atoms with Crippen molar-refractivity contribution in [3.8, 4) is 39.3 Å². The second-order valence-electron chi connectivity index (χ2n) is 12.5. The first-order valence-electron chi connectivity index (χ1n) is 33.0. The molecule has 0 aliphatic carbocycles. The van der Waals surface area contributed by atoms with Crippen LogP contribution in [0.5, 0.6) is 0 Å². The Morgan fingerprint density at radius 1 is 0.333 bits per heavy atom. The number of rotatable bonds is 5. The second-order valence-corrected chi connectivity index (χ2v) is 12.5. The number of benzene rings is 9. The van der Waals surface area contributed by atoms with Crippen LogP contribution in [0.4, 0.5) is 0 Å². The third kappa shape index (κ3) is 4.66. The third-order valence-corrected chi connectivity index (χ3v) is 9.62. The molecule has 0 fully saturated rings. The highest BCUT2D eigenvalue weighted by atomic mass is 15.1. The highest BCUT2D eigenvalue weighted by molar-refractivity contribution is 6.16. The maximum atomic E-state index is 10.5. The van der Waals surface area contributed by atoms with Crippen LogP contribution in [0, 0.1) is 0 Å².